The lowest BCUT2D eigenvalue weighted by atomic mass is 10.2. The lowest BCUT2D eigenvalue weighted by molar-refractivity contribution is 0.101. The summed E-state index contributed by atoms with van der Waals surface area (Å²) in [5.41, 5.74) is 1.23. The number of carbonyl (C=O) groups excluding carboxylic acids is 2. The van der Waals surface area contributed by atoms with E-state index in [0.717, 1.165) is 0 Å². The van der Waals surface area contributed by atoms with Crippen molar-refractivity contribution >= 4 is 33.0 Å². The Kier molecular flexibility index (Phi) is 6.33. The Morgan fingerprint density at radius 3 is 1.61 bits per heavy atom. The molecule has 0 aliphatic carbocycles. The van der Waals surface area contributed by atoms with Gasteiger partial charge in [0.25, 0.3) is 11.8 Å². The van der Waals surface area contributed by atoms with Crippen LogP contribution in [0.2, 0.25) is 0 Å². The predicted molar refractivity (Wildman–Crippen MR) is 127 cm³/mol. The first-order valence-electron chi connectivity index (χ1n) is 10.1. The van der Waals surface area contributed by atoms with Crippen molar-refractivity contribution in [2.45, 2.75) is 9.79 Å². The van der Waals surface area contributed by atoms with Crippen molar-refractivity contribution < 1.29 is 18.0 Å². The van der Waals surface area contributed by atoms with Gasteiger partial charge in [-0.25, -0.2) is 8.42 Å². The van der Waals surface area contributed by atoms with Crippen molar-refractivity contribution in [3.05, 3.63) is 120 Å². The highest BCUT2D eigenvalue weighted by Gasteiger charge is 2.23. The van der Waals surface area contributed by atoms with Crippen LogP contribution in [0, 0.1) is 0 Å². The second-order valence-corrected chi connectivity index (χ2v) is 9.09. The first kappa shape index (κ1) is 22.0. The maximum atomic E-state index is 13.4. The summed E-state index contributed by atoms with van der Waals surface area (Å²) in [6.45, 7) is 0. The molecule has 2 amide bonds. The van der Waals surface area contributed by atoms with Gasteiger partial charge >= 0.3 is 0 Å². The van der Waals surface area contributed by atoms with Crippen LogP contribution in [0.1, 0.15) is 20.7 Å². The van der Waals surface area contributed by atoms with E-state index in [9.17, 15) is 18.0 Å². The molecule has 6 nitrogen and oxygen atoms in total. The molecular weight excluding hydrogens is 436 g/mol. The summed E-state index contributed by atoms with van der Waals surface area (Å²) in [7, 11) is -3.99. The molecule has 33 heavy (non-hydrogen) atoms. The molecule has 0 radical (unpaired) electrons. The molecule has 4 rings (SSSR count). The van der Waals surface area contributed by atoms with Gasteiger partial charge in [0.1, 0.15) is 0 Å². The van der Waals surface area contributed by atoms with Crippen LogP contribution >= 0.6 is 0 Å². The zero-order chi connectivity index (χ0) is 23.3. The van der Waals surface area contributed by atoms with Crippen molar-refractivity contribution in [1.82, 2.24) is 0 Å². The van der Waals surface area contributed by atoms with Gasteiger partial charge in [0.2, 0.25) is 9.84 Å². The van der Waals surface area contributed by atoms with E-state index < -0.39 is 15.7 Å². The molecule has 0 bridgehead atoms. The normalized spacial score (nSPS) is 10.9. The molecule has 0 fully saturated rings. The van der Waals surface area contributed by atoms with E-state index in [1.807, 2.05) is 0 Å². The van der Waals surface area contributed by atoms with Gasteiger partial charge in [0.05, 0.1) is 15.5 Å². The Labute approximate surface area is 191 Å². The molecule has 4 aromatic rings. The maximum absolute atomic E-state index is 13.4. The fourth-order valence-corrected chi connectivity index (χ4v) is 4.69. The molecule has 164 valence electrons. The number of benzene rings is 4. The van der Waals surface area contributed by atoms with E-state index in [1.54, 1.807) is 84.9 Å². The molecule has 7 heteroatoms. The summed E-state index contributed by atoms with van der Waals surface area (Å²) in [5.74, 6) is -0.819. The standard InChI is InChI=1S/C26H20N2O4S/c29-25(19-10-4-1-5-11-19)27-21-16-17-23(28-26(30)20-12-6-2-7-13-20)24(18-21)33(31,32)22-14-8-3-9-15-22/h1-18H,(H,27,29)(H,28,30). The molecule has 0 aromatic heterocycles. The molecule has 0 aliphatic rings. The highest BCUT2D eigenvalue weighted by atomic mass is 32.2. The summed E-state index contributed by atoms with van der Waals surface area (Å²) in [4.78, 5) is 25.2. The van der Waals surface area contributed by atoms with Crippen molar-refractivity contribution in [3.8, 4) is 0 Å². The molecular formula is C26H20N2O4S. The number of amides is 2. The van der Waals surface area contributed by atoms with Gasteiger partial charge < -0.3 is 10.6 Å². The van der Waals surface area contributed by atoms with E-state index >= 15 is 0 Å². The second kappa shape index (κ2) is 9.50. The molecule has 0 spiro atoms. The van der Waals surface area contributed by atoms with Crippen molar-refractivity contribution in [2.75, 3.05) is 10.6 Å². The fraction of sp³-hybridized carbons (Fsp3) is 0. The van der Waals surface area contributed by atoms with Gasteiger partial charge in [0.15, 0.2) is 0 Å². The van der Waals surface area contributed by atoms with E-state index in [1.165, 1.54) is 24.3 Å². The van der Waals surface area contributed by atoms with Crippen LogP contribution in [0.5, 0.6) is 0 Å². The number of hydrogen-bond acceptors (Lipinski definition) is 4. The minimum Gasteiger partial charge on any atom is -0.322 e. The van der Waals surface area contributed by atoms with Gasteiger partial charge in [-0.3, -0.25) is 9.59 Å². The van der Waals surface area contributed by atoms with Crippen LogP contribution in [0.15, 0.2) is 119 Å². The average Bonchev–Trinajstić information content (AvgIpc) is 2.86. The summed E-state index contributed by atoms with van der Waals surface area (Å²) in [5, 5.41) is 5.40. The van der Waals surface area contributed by atoms with E-state index in [4.69, 9.17) is 0 Å². The summed E-state index contributed by atoms with van der Waals surface area (Å²) in [6, 6.07) is 29.4. The third-order valence-corrected chi connectivity index (χ3v) is 6.71. The van der Waals surface area contributed by atoms with Crippen LogP contribution in [0.3, 0.4) is 0 Å². The first-order valence-corrected chi connectivity index (χ1v) is 11.6. The third kappa shape index (κ3) is 4.99. The van der Waals surface area contributed by atoms with Gasteiger partial charge in [-0.05, 0) is 54.6 Å². The maximum Gasteiger partial charge on any atom is 0.255 e. The smallest absolute Gasteiger partial charge is 0.255 e. The van der Waals surface area contributed by atoms with E-state index in [-0.39, 0.29) is 27.1 Å². The first-order chi connectivity index (χ1) is 15.9. The average molecular weight is 457 g/mol. The predicted octanol–water partition coefficient (Wildman–Crippen LogP) is 5.02. The highest BCUT2D eigenvalue weighted by molar-refractivity contribution is 7.91. The fourth-order valence-electron chi connectivity index (χ4n) is 3.23. The molecule has 0 aliphatic heterocycles. The Balaban J connectivity index is 1.73. The number of sulfone groups is 1. The quantitative estimate of drug-likeness (QED) is 0.426. The second-order valence-electron chi connectivity index (χ2n) is 7.17. The van der Waals surface area contributed by atoms with Crippen LogP contribution in [0.4, 0.5) is 11.4 Å². The van der Waals surface area contributed by atoms with Crippen molar-refractivity contribution in [2.24, 2.45) is 0 Å². The Bertz CT molecular complexity index is 1390. The van der Waals surface area contributed by atoms with Crippen LogP contribution < -0.4 is 10.6 Å². The summed E-state index contributed by atoms with van der Waals surface area (Å²) < 4.78 is 26.8. The molecule has 0 heterocycles. The zero-order valence-electron chi connectivity index (χ0n) is 17.4. The number of carbonyl (C=O) groups is 2. The number of rotatable bonds is 6. The van der Waals surface area contributed by atoms with Crippen LogP contribution in [-0.2, 0) is 9.84 Å². The van der Waals surface area contributed by atoms with Gasteiger partial charge in [-0.1, -0.05) is 54.6 Å². The molecule has 0 saturated carbocycles. The number of nitrogens with one attached hydrogen (secondary N) is 2. The van der Waals surface area contributed by atoms with Crippen molar-refractivity contribution in [3.63, 3.8) is 0 Å². The van der Waals surface area contributed by atoms with Crippen LogP contribution in [-0.4, -0.2) is 20.2 Å². The van der Waals surface area contributed by atoms with E-state index in [0.29, 0.717) is 11.1 Å². The van der Waals surface area contributed by atoms with Crippen LogP contribution in [0.25, 0.3) is 0 Å². The Hall–Kier alpha value is -4.23. The monoisotopic (exact) mass is 456 g/mol. The topological polar surface area (TPSA) is 92.3 Å². The Morgan fingerprint density at radius 1 is 0.576 bits per heavy atom. The molecule has 4 aromatic carbocycles. The molecule has 2 N–H and O–H groups in total. The van der Waals surface area contributed by atoms with E-state index in [2.05, 4.69) is 10.6 Å². The third-order valence-electron chi connectivity index (χ3n) is 4.90. The number of hydrogen-bond donors (Lipinski definition) is 2. The molecule has 0 saturated heterocycles. The summed E-state index contributed by atoms with van der Waals surface area (Å²) in [6.07, 6.45) is 0. The SMILES string of the molecule is O=C(Nc1ccc(NC(=O)c2ccccc2)c(S(=O)(=O)c2ccccc2)c1)c1ccccc1. The highest BCUT2D eigenvalue weighted by Crippen LogP contribution is 2.31. The number of anilines is 2. The minimum atomic E-state index is -3.99. The van der Waals surface area contributed by atoms with Gasteiger partial charge in [-0.2, -0.15) is 0 Å². The summed E-state index contributed by atoms with van der Waals surface area (Å²) >= 11 is 0. The van der Waals surface area contributed by atoms with Crippen molar-refractivity contribution in [1.29, 1.82) is 0 Å². The lowest BCUT2D eigenvalue weighted by Crippen LogP contribution is -2.16. The largest absolute Gasteiger partial charge is 0.322 e. The molecule has 0 unspecified atom stereocenters. The van der Waals surface area contributed by atoms with Gasteiger partial charge in [-0.15, -0.1) is 0 Å². The van der Waals surface area contributed by atoms with Gasteiger partial charge in [0, 0.05) is 16.8 Å². The Morgan fingerprint density at radius 2 is 1.06 bits per heavy atom. The molecule has 0 atom stereocenters. The minimum absolute atomic E-state index is 0.0757. The zero-order valence-corrected chi connectivity index (χ0v) is 18.3. The lowest BCUT2D eigenvalue weighted by Gasteiger charge is -2.14.